The molecule has 6 nitrogen and oxygen atoms in total. The molecule has 0 spiro atoms. The van der Waals surface area contributed by atoms with E-state index in [1.165, 1.54) is 0 Å². The second kappa shape index (κ2) is 7.70. The Kier molecular flexibility index (Phi) is 5.18. The molecule has 25 heavy (non-hydrogen) atoms. The Hall–Kier alpha value is -3.02. The Morgan fingerprint density at radius 1 is 1.12 bits per heavy atom. The van der Waals surface area contributed by atoms with Crippen molar-refractivity contribution in [3.8, 4) is 5.75 Å². The number of nitrogens with one attached hydrogen (secondary N) is 2. The van der Waals surface area contributed by atoms with Crippen molar-refractivity contribution >= 4 is 17.5 Å². The summed E-state index contributed by atoms with van der Waals surface area (Å²) < 4.78 is 5.74. The number of anilines is 1. The third-order valence-corrected chi connectivity index (χ3v) is 4.07. The fraction of sp³-hybridized carbons (Fsp3) is 0.263. The highest BCUT2D eigenvalue weighted by atomic mass is 16.5. The maximum atomic E-state index is 12.3. The molecule has 130 valence electrons. The maximum absolute atomic E-state index is 12.3. The molecule has 2 aromatic carbocycles. The highest BCUT2D eigenvalue weighted by Crippen LogP contribution is 2.32. The van der Waals surface area contributed by atoms with Gasteiger partial charge in [-0.1, -0.05) is 42.5 Å². The summed E-state index contributed by atoms with van der Waals surface area (Å²) >= 11 is 0. The number of nitrogens with zero attached hydrogens (tertiary/aromatic N) is 1. The molecule has 1 atom stereocenters. The van der Waals surface area contributed by atoms with Gasteiger partial charge in [0.15, 0.2) is 6.10 Å². The van der Waals surface area contributed by atoms with Crippen LogP contribution in [0, 0.1) is 0 Å². The number of amides is 2. The fourth-order valence-corrected chi connectivity index (χ4v) is 2.78. The summed E-state index contributed by atoms with van der Waals surface area (Å²) in [5.74, 6) is 0.304. The minimum absolute atomic E-state index is 0.101. The lowest BCUT2D eigenvalue weighted by Crippen LogP contribution is -2.50. The molecule has 1 heterocycles. The van der Waals surface area contributed by atoms with Crippen molar-refractivity contribution in [2.75, 3.05) is 25.0 Å². The summed E-state index contributed by atoms with van der Waals surface area (Å²) in [5, 5.41) is 5.51. The normalized spacial score (nSPS) is 15.7. The van der Waals surface area contributed by atoms with Gasteiger partial charge in [-0.3, -0.25) is 9.59 Å². The summed E-state index contributed by atoms with van der Waals surface area (Å²) in [6.07, 6.45) is -0.637. The Balaban J connectivity index is 1.67. The van der Waals surface area contributed by atoms with Gasteiger partial charge in [-0.25, -0.2) is 0 Å². The number of hydrogen-bond donors (Lipinski definition) is 2. The first-order valence-electron chi connectivity index (χ1n) is 8.20. The molecule has 1 aliphatic rings. The number of hydrogen-bond acceptors (Lipinski definition) is 4. The molecule has 0 aliphatic carbocycles. The van der Waals surface area contributed by atoms with E-state index in [0.717, 1.165) is 11.3 Å². The van der Waals surface area contributed by atoms with Crippen LogP contribution in [0.15, 0.2) is 54.6 Å². The molecule has 0 radical (unpaired) electrons. The number of likely N-dealkylation sites (N-methyl/N-ethyl adjacent to an activating group) is 1. The first-order chi connectivity index (χ1) is 12.2. The zero-order chi connectivity index (χ0) is 17.6. The molecule has 0 unspecified atom stereocenters. The van der Waals surface area contributed by atoms with Gasteiger partial charge in [-0.15, -0.1) is 0 Å². The number of carbonyl (C=O) groups is 2. The third-order valence-electron chi connectivity index (χ3n) is 4.07. The molecule has 0 aromatic heterocycles. The smallest absolute Gasteiger partial charge is 0.262 e. The van der Waals surface area contributed by atoms with Crippen LogP contribution < -0.4 is 20.3 Å². The predicted molar refractivity (Wildman–Crippen MR) is 95.4 cm³/mol. The second-order valence-corrected chi connectivity index (χ2v) is 5.83. The molecule has 6 heteroatoms. The standard InChI is InChI=1S/C19H21N3O3/c1-20-19(24)17-12-22(15-9-5-6-10-16(15)25-17)13-18(23)21-11-14-7-3-2-4-8-14/h2-10,17H,11-13H2,1H3,(H,20,24)(H,21,23)/t17-/m0/s1. The predicted octanol–water partition coefficient (Wildman–Crippen LogP) is 1.32. The minimum atomic E-state index is -0.637. The first-order valence-corrected chi connectivity index (χ1v) is 8.20. The number of para-hydroxylation sites is 2. The van der Waals surface area contributed by atoms with Crippen LogP contribution in [0.2, 0.25) is 0 Å². The summed E-state index contributed by atoms with van der Waals surface area (Å²) in [7, 11) is 1.57. The van der Waals surface area contributed by atoms with Gasteiger partial charge >= 0.3 is 0 Å². The molecule has 0 saturated carbocycles. The maximum Gasteiger partial charge on any atom is 0.262 e. The molecule has 2 amide bonds. The molecule has 1 aliphatic heterocycles. The first kappa shape index (κ1) is 16.8. The van der Waals surface area contributed by atoms with Gasteiger partial charge in [-0.05, 0) is 17.7 Å². The lowest BCUT2D eigenvalue weighted by Gasteiger charge is -2.35. The molecule has 2 N–H and O–H groups in total. The van der Waals surface area contributed by atoms with Crippen molar-refractivity contribution in [1.82, 2.24) is 10.6 Å². The summed E-state index contributed by atoms with van der Waals surface area (Å²) in [5.41, 5.74) is 1.86. The van der Waals surface area contributed by atoms with E-state index in [9.17, 15) is 9.59 Å². The highest BCUT2D eigenvalue weighted by molar-refractivity contribution is 5.86. The highest BCUT2D eigenvalue weighted by Gasteiger charge is 2.30. The summed E-state index contributed by atoms with van der Waals surface area (Å²) in [4.78, 5) is 26.2. The van der Waals surface area contributed by atoms with Crippen molar-refractivity contribution in [2.24, 2.45) is 0 Å². The van der Waals surface area contributed by atoms with Crippen LogP contribution in [0.3, 0.4) is 0 Å². The SMILES string of the molecule is CNC(=O)[C@@H]1CN(CC(=O)NCc2ccccc2)c2ccccc2O1. The lowest BCUT2D eigenvalue weighted by atomic mass is 10.1. The van der Waals surface area contributed by atoms with Crippen LogP contribution >= 0.6 is 0 Å². The van der Waals surface area contributed by atoms with Gasteiger partial charge in [0.25, 0.3) is 5.91 Å². The molecular formula is C19H21N3O3. The van der Waals surface area contributed by atoms with Gasteiger partial charge in [0.05, 0.1) is 18.8 Å². The van der Waals surface area contributed by atoms with E-state index in [4.69, 9.17) is 4.74 Å². The van der Waals surface area contributed by atoms with Gasteiger partial charge < -0.3 is 20.3 Å². The lowest BCUT2D eigenvalue weighted by molar-refractivity contribution is -0.127. The Bertz CT molecular complexity index is 749. The van der Waals surface area contributed by atoms with E-state index >= 15 is 0 Å². The van der Waals surface area contributed by atoms with Crippen LogP contribution in [-0.4, -0.2) is 38.1 Å². The van der Waals surface area contributed by atoms with E-state index in [-0.39, 0.29) is 18.4 Å². The van der Waals surface area contributed by atoms with E-state index in [2.05, 4.69) is 10.6 Å². The van der Waals surface area contributed by atoms with E-state index in [0.29, 0.717) is 18.8 Å². The van der Waals surface area contributed by atoms with Crippen molar-refractivity contribution in [3.63, 3.8) is 0 Å². The van der Waals surface area contributed by atoms with Crippen LogP contribution in [-0.2, 0) is 16.1 Å². The molecule has 0 bridgehead atoms. The fourth-order valence-electron chi connectivity index (χ4n) is 2.78. The molecule has 0 fully saturated rings. The van der Waals surface area contributed by atoms with Gasteiger partial charge in [0.1, 0.15) is 5.75 Å². The van der Waals surface area contributed by atoms with Gasteiger partial charge in [0.2, 0.25) is 5.91 Å². The Morgan fingerprint density at radius 3 is 2.60 bits per heavy atom. The number of benzene rings is 2. The summed E-state index contributed by atoms with van der Waals surface area (Å²) in [6, 6.07) is 17.2. The minimum Gasteiger partial charge on any atom is -0.477 e. The topological polar surface area (TPSA) is 70.7 Å². The van der Waals surface area contributed by atoms with Gasteiger partial charge in [-0.2, -0.15) is 0 Å². The number of fused-ring (bicyclic) bond motifs is 1. The number of rotatable bonds is 5. The summed E-state index contributed by atoms with van der Waals surface area (Å²) in [6.45, 7) is 0.973. The van der Waals surface area contributed by atoms with Gasteiger partial charge in [0, 0.05) is 13.6 Å². The van der Waals surface area contributed by atoms with Crippen molar-refractivity contribution in [2.45, 2.75) is 12.6 Å². The average molecular weight is 339 g/mol. The van der Waals surface area contributed by atoms with Crippen molar-refractivity contribution < 1.29 is 14.3 Å². The van der Waals surface area contributed by atoms with Crippen LogP contribution in [0.1, 0.15) is 5.56 Å². The van der Waals surface area contributed by atoms with E-state index in [1.807, 2.05) is 53.4 Å². The Morgan fingerprint density at radius 2 is 1.84 bits per heavy atom. The molecule has 0 saturated heterocycles. The van der Waals surface area contributed by atoms with Crippen LogP contribution in [0.25, 0.3) is 0 Å². The molecule has 3 rings (SSSR count). The van der Waals surface area contributed by atoms with Crippen LogP contribution in [0.5, 0.6) is 5.75 Å². The van der Waals surface area contributed by atoms with Crippen molar-refractivity contribution in [3.05, 3.63) is 60.2 Å². The molecule has 2 aromatic rings. The van der Waals surface area contributed by atoms with Crippen LogP contribution in [0.4, 0.5) is 5.69 Å². The zero-order valence-electron chi connectivity index (χ0n) is 14.1. The third kappa shape index (κ3) is 4.09. The monoisotopic (exact) mass is 339 g/mol. The van der Waals surface area contributed by atoms with Crippen molar-refractivity contribution in [1.29, 1.82) is 0 Å². The number of ether oxygens (including phenoxy) is 1. The average Bonchev–Trinajstić information content (AvgIpc) is 2.66. The quantitative estimate of drug-likeness (QED) is 0.862. The zero-order valence-corrected chi connectivity index (χ0v) is 14.1. The number of carbonyl (C=O) groups excluding carboxylic acids is 2. The largest absolute Gasteiger partial charge is 0.477 e. The van der Waals surface area contributed by atoms with E-state index < -0.39 is 6.10 Å². The molecular weight excluding hydrogens is 318 g/mol. The Labute approximate surface area is 146 Å². The van der Waals surface area contributed by atoms with E-state index in [1.54, 1.807) is 13.1 Å². The second-order valence-electron chi connectivity index (χ2n) is 5.83.